The third kappa shape index (κ3) is 6.77. The van der Waals surface area contributed by atoms with E-state index in [0.717, 1.165) is 16.7 Å². The number of esters is 2. The summed E-state index contributed by atoms with van der Waals surface area (Å²) in [7, 11) is -2.45. The number of nitrogens with zero attached hydrogens (tertiary/aromatic N) is 1. The fraction of sp³-hybridized carbons (Fsp3) is 0.571. The van der Waals surface area contributed by atoms with Crippen LogP contribution in [0.5, 0.6) is 0 Å². The zero-order valence-electron chi connectivity index (χ0n) is 24.2. The highest BCUT2D eigenvalue weighted by Crippen LogP contribution is 2.42. The van der Waals surface area contributed by atoms with Gasteiger partial charge >= 0.3 is 17.6 Å². The number of H-pyrrole nitrogens is 1. The summed E-state index contributed by atoms with van der Waals surface area (Å²) >= 11 is 0. The lowest BCUT2D eigenvalue weighted by Crippen LogP contribution is -2.50. The minimum Gasteiger partial charge on any atom is -0.454 e. The average molecular weight is 561 g/mol. The van der Waals surface area contributed by atoms with E-state index in [9.17, 15) is 19.2 Å². The van der Waals surface area contributed by atoms with Crippen molar-refractivity contribution in [2.75, 3.05) is 6.61 Å². The van der Waals surface area contributed by atoms with Crippen LogP contribution in [-0.4, -0.2) is 54.7 Å². The average Bonchev–Trinajstić information content (AvgIpc) is 3.15. The molecule has 11 heteroatoms. The molecule has 1 aliphatic heterocycles. The van der Waals surface area contributed by atoms with Gasteiger partial charge in [-0.25, -0.2) is 14.4 Å². The minimum atomic E-state index is -2.45. The molecule has 3 rings (SSSR count). The number of carbonyl (C=O) groups excluding carboxylic acids is 2. The van der Waals surface area contributed by atoms with Gasteiger partial charge in [-0.3, -0.25) is 14.3 Å². The topological polar surface area (TPSA) is 126 Å². The van der Waals surface area contributed by atoms with Crippen LogP contribution in [0.15, 0.2) is 34.0 Å². The summed E-state index contributed by atoms with van der Waals surface area (Å²) in [5.74, 6) is -1.38. The Hall–Kier alpha value is -3.02. The van der Waals surface area contributed by atoms with Gasteiger partial charge < -0.3 is 18.6 Å². The summed E-state index contributed by atoms with van der Waals surface area (Å²) in [5.41, 5.74) is 2.15. The largest absolute Gasteiger partial charge is 0.454 e. The third-order valence-electron chi connectivity index (χ3n) is 7.80. The number of aromatic nitrogens is 2. The Bertz CT molecular complexity index is 1320. The maximum atomic E-state index is 12.9. The maximum absolute atomic E-state index is 12.9. The van der Waals surface area contributed by atoms with Gasteiger partial charge in [0.15, 0.2) is 27.3 Å². The number of benzene rings is 1. The lowest BCUT2D eigenvalue weighted by molar-refractivity contribution is -0.158. The van der Waals surface area contributed by atoms with E-state index in [4.69, 9.17) is 18.6 Å². The molecule has 2 aromatic rings. The van der Waals surface area contributed by atoms with Crippen LogP contribution in [0.1, 0.15) is 67.4 Å². The molecule has 0 saturated carbocycles. The summed E-state index contributed by atoms with van der Waals surface area (Å²) in [6.45, 7) is 17.4. The van der Waals surface area contributed by atoms with Crippen LogP contribution in [0.2, 0.25) is 18.1 Å². The molecule has 0 amide bonds. The predicted molar refractivity (Wildman–Crippen MR) is 148 cm³/mol. The smallest absolute Gasteiger partial charge is 0.344 e. The summed E-state index contributed by atoms with van der Waals surface area (Å²) in [6, 6.07) is 4.68. The first-order chi connectivity index (χ1) is 18.1. The third-order valence-corrected chi connectivity index (χ3v) is 12.3. The lowest BCUT2D eigenvalue weighted by atomic mass is 10.0. The van der Waals surface area contributed by atoms with Crippen molar-refractivity contribution in [1.29, 1.82) is 0 Å². The van der Waals surface area contributed by atoms with E-state index in [1.165, 1.54) is 16.8 Å². The van der Waals surface area contributed by atoms with E-state index in [2.05, 4.69) is 25.8 Å². The number of rotatable bonds is 8. The normalized spacial score (nSPS) is 21.6. The van der Waals surface area contributed by atoms with Crippen LogP contribution < -0.4 is 11.2 Å². The van der Waals surface area contributed by atoms with Crippen LogP contribution >= 0.6 is 0 Å². The molecule has 0 spiro atoms. The molecule has 1 saturated heterocycles. The molecule has 0 bridgehead atoms. The number of hydrogen-bond acceptors (Lipinski definition) is 8. The Balaban J connectivity index is 1.85. The van der Waals surface area contributed by atoms with Crippen molar-refractivity contribution in [2.24, 2.45) is 0 Å². The molecule has 1 N–H and O–H groups in total. The number of nitrogens with one attached hydrogen (secondary N) is 1. The Kier molecular flexibility index (Phi) is 9.08. The van der Waals surface area contributed by atoms with Crippen LogP contribution in [0.25, 0.3) is 0 Å². The van der Waals surface area contributed by atoms with Crippen LogP contribution in [0.4, 0.5) is 0 Å². The van der Waals surface area contributed by atoms with E-state index in [-0.39, 0.29) is 5.04 Å². The molecule has 1 aromatic heterocycles. The number of aromatic amines is 1. The number of ether oxygens (including phenoxy) is 3. The molecular weight excluding hydrogens is 520 g/mol. The van der Waals surface area contributed by atoms with Gasteiger partial charge in [-0.15, -0.1) is 0 Å². The van der Waals surface area contributed by atoms with Gasteiger partial charge in [0.25, 0.3) is 5.56 Å². The standard InChI is InChI=1S/C28H40N2O8Si/c1-10-20-23(37-22(32)15-35-26(33)19-13-16(2)18(4)17(3)14-19)24(38-39(8,9)28(5,6)7)25(36-20)30-12-11-21(31)29-27(30)34/h11-14,20,23-25H,10,15H2,1-9H3,(H,29,31,34). The van der Waals surface area contributed by atoms with Gasteiger partial charge in [-0.05, 0) is 74.1 Å². The molecule has 10 nitrogen and oxygen atoms in total. The maximum Gasteiger partial charge on any atom is 0.344 e. The second-order valence-corrected chi connectivity index (χ2v) is 16.4. The first-order valence-electron chi connectivity index (χ1n) is 13.1. The monoisotopic (exact) mass is 560 g/mol. The first kappa shape index (κ1) is 30.5. The van der Waals surface area contributed by atoms with Gasteiger partial charge in [0.05, 0.1) is 11.7 Å². The molecule has 4 unspecified atom stereocenters. The molecule has 1 aliphatic rings. The fourth-order valence-electron chi connectivity index (χ4n) is 4.22. The molecule has 1 aromatic carbocycles. The van der Waals surface area contributed by atoms with E-state index in [1.807, 2.05) is 40.8 Å². The Morgan fingerprint density at radius 2 is 1.69 bits per heavy atom. The Labute approximate surface area is 229 Å². The molecule has 214 valence electrons. The number of carbonyl (C=O) groups is 2. The highest BCUT2D eigenvalue weighted by molar-refractivity contribution is 6.74. The summed E-state index contributed by atoms with van der Waals surface area (Å²) < 4.78 is 25.2. The van der Waals surface area contributed by atoms with E-state index < -0.39 is 62.7 Å². The Morgan fingerprint density at radius 3 is 2.23 bits per heavy atom. The van der Waals surface area contributed by atoms with Gasteiger partial charge in [0, 0.05) is 12.3 Å². The van der Waals surface area contributed by atoms with Gasteiger partial charge in [-0.1, -0.05) is 27.7 Å². The number of aryl methyl sites for hydroxylation is 2. The lowest BCUT2D eigenvalue weighted by Gasteiger charge is -2.40. The highest BCUT2D eigenvalue weighted by atomic mass is 28.4. The predicted octanol–water partition coefficient (Wildman–Crippen LogP) is 3.93. The molecule has 0 radical (unpaired) electrons. The highest BCUT2D eigenvalue weighted by Gasteiger charge is 2.52. The van der Waals surface area contributed by atoms with E-state index in [0.29, 0.717) is 12.0 Å². The molecule has 0 aliphatic carbocycles. The zero-order chi connectivity index (χ0) is 29.3. The zero-order valence-corrected chi connectivity index (χ0v) is 25.2. The van der Waals surface area contributed by atoms with Crippen molar-refractivity contribution in [2.45, 2.75) is 97.6 Å². The van der Waals surface area contributed by atoms with Crippen molar-refractivity contribution in [1.82, 2.24) is 9.55 Å². The van der Waals surface area contributed by atoms with E-state index >= 15 is 0 Å². The van der Waals surface area contributed by atoms with Crippen molar-refractivity contribution in [3.05, 3.63) is 67.5 Å². The molecule has 39 heavy (non-hydrogen) atoms. The van der Waals surface area contributed by atoms with Crippen molar-refractivity contribution in [3.63, 3.8) is 0 Å². The second kappa shape index (κ2) is 11.6. The first-order valence-corrected chi connectivity index (χ1v) is 16.1. The SMILES string of the molecule is CCC1OC(n2ccc(=O)[nH]c2=O)C(O[Si](C)(C)C(C)(C)C)C1OC(=O)COC(=O)c1cc(C)c(C)c(C)c1. The van der Waals surface area contributed by atoms with E-state index in [1.54, 1.807) is 12.1 Å². The van der Waals surface area contributed by atoms with Gasteiger partial charge in [0.1, 0.15) is 6.10 Å². The summed E-state index contributed by atoms with van der Waals surface area (Å²) in [6.07, 6.45) is -1.42. The summed E-state index contributed by atoms with van der Waals surface area (Å²) in [5, 5.41) is -0.188. The molecule has 1 fully saturated rings. The van der Waals surface area contributed by atoms with Crippen molar-refractivity contribution in [3.8, 4) is 0 Å². The van der Waals surface area contributed by atoms with Crippen molar-refractivity contribution < 1.29 is 28.2 Å². The van der Waals surface area contributed by atoms with Crippen LogP contribution in [-0.2, 0) is 23.4 Å². The van der Waals surface area contributed by atoms with Gasteiger partial charge in [-0.2, -0.15) is 0 Å². The molecule has 4 atom stereocenters. The van der Waals surface area contributed by atoms with Gasteiger partial charge in [0.2, 0.25) is 0 Å². The molecule has 2 heterocycles. The van der Waals surface area contributed by atoms with Crippen molar-refractivity contribution >= 4 is 20.3 Å². The van der Waals surface area contributed by atoms with Crippen LogP contribution in [0, 0.1) is 20.8 Å². The number of hydrogen-bond donors (Lipinski definition) is 1. The minimum absolute atomic E-state index is 0.188. The summed E-state index contributed by atoms with van der Waals surface area (Å²) in [4.78, 5) is 52.1. The second-order valence-electron chi connectivity index (χ2n) is 11.6. The fourth-order valence-corrected chi connectivity index (χ4v) is 5.50. The quantitative estimate of drug-likeness (QED) is 0.380. The Morgan fingerprint density at radius 1 is 1.08 bits per heavy atom. The molecular formula is C28H40N2O8Si. The van der Waals surface area contributed by atoms with Crippen LogP contribution in [0.3, 0.4) is 0 Å².